The molecule has 7 nitrogen and oxygen atoms in total. The largest absolute Gasteiger partial charge is 0.493 e. The number of amides is 1. The van der Waals surface area contributed by atoms with Gasteiger partial charge in [0.15, 0.2) is 11.5 Å². The Bertz CT molecular complexity index is 842. The van der Waals surface area contributed by atoms with Gasteiger partial charge in [0, 0.05) is 23.5 Å². The van der Waals surface area contributed by atoms with Crippen LogP contribution in [0.5, 0.6) is 17.2 Å². The van der Waals surface area contributed by atoms with E-state index in [0.717, 1.165) is 0 Å². The zero-order valence-electron chi connectivity index (χ0n) is 16.6. The van der Waals surface area contributed by atoms with Crippen molar-refractivity contribution in [2.24, 2.45) is 5.92 Å². The highest BCUT2D eigenvalue weighted by atomic mass is 35.5. The zero-order valence-corrected chi connectivity index (χ0v) is 17.3. The van der Waals surface area contributed by atoms with Crippen LogP contribution in [-0.2, 0) is 0 Å². The molecule has 0 saturated heterocycles. The second-order valence-electron chi connectivity index (χ2n) is 6.48. The molecule has 28 heavy (non-hydrogen) atoms. The summed E-state index contributed by atoms with van der Waals surface area (Å²) in [5.74, 6) is 0.908. The average Bonchev–Trinajstić information content (AvgIpc) is 2.70. The molecule has 2 aromatic rings. The number of ether oxygens (including phenoxy) is 3. The van der Waals surface area contributed by atoms with Crippen LogP contribution in [0, 0.1) is 5.92 Å². The first kappa shape index (κ1) is 21.8. The smallest absolute Gasteiger partial charge is 0.253 e. The van der Waals surface area contributed by atoms with Gasteiger partial charge in [-0.2, -0.15) is 0 Å². The van der Waals surface area contributed by atoms with Crippen molar-refractivity contribution in [3.8, 4) is 28.4 Å². The highest BCUT2D eigenvalue weighted by Crippen LogP contribution is 2.47. The minimum Gasteiger partial charge on any atom is -0.493 e. The van der Waals surface area contributed by atoms with Gasteiger partial charge in [0.1, 0.15) is 0 Å². The molecule has 0 saturated carbocycles. The molecule has 0 bridgehead atoms. The van der Waals surface area contributed by atoms with Gasteiger partial charge in [-0.15, -0.1) is 0 Å². The summed E-state index contributed by atoms with van der Waals surface area (Å²) in [6, 6.07) is 3.03. The lowest BCUT2D eigenvalue weighted by atomic mass is 10.0. The number of aliphatic hydroxyl groups is 1. The molecule has 2 N–H and O–H groups in total. The molecule has 1 aromatic carbocycles. The summed E-state index contributed by atoms with van der Waals surface area (Å²) in [5.41, 5.74) is 1.55. The number of rotatable bonds is 8. The normalized spacial score (nSPS) is 11.9. The Morgan fingerprint density at radius 3 is 2.36 bits per heavy atom. The molecule has 0 aliphatic carbocycles. The number of hydrogen-bond acceptors (Lipinski definition) is 6. The molecular formula is C20H25ClN2O5. The minimum absolute atomic E-state index is 0.0923. The second-order valence-corrected chi connectivity index (χ2v) is 6.85. The Morgan fingerprint density at radius 2 is 1.82 bits per heavy atom. The molecule has 1 amide bonds. The van der Waals surface area contributed by atoms with Crippen LogP contribution in [0.4, 0.5) is 0 Å². The van der Waals surface area contributed by atoms with Gasteiger partial charge in [0.25, 0.3) is 5.91 Å². The van der Waals surface area contributed by atoms with Crippen LogP contribution >= 0.6 is 11.6 Å². The summed E-state index contributed by atoms with van der Waals surface area (Å²) >= 11 is 6.51. The van der Waals surface area contributed by atoms with Crippen LogP contribution in [0.25, 0.3) is 11.1 Å². The summed E-state index contributed by atoms with van der Waals surface area (Å²) in [5, 5.41) is 12.6. The van der Waals surface area contributed by atoms with E-state index in [-0.39, 0.29) is 24.5 Å². The Labute approximate surface area is 169 Å². The molecule has 152 valence electrons. The van der Waals surface area contributed by atoms with Crippen molar-refractivity contribution in [1.29, 1.82) is 0 Å². The molecule has 2 rings (SSSR count). The lowest BCUT2D eigenvalue weighted by Crippen LogP contribution is -2.41. The summed E-state index contributed by atoms with van der Waals surface area (Å²) in [6.45, 7) is 3.70. The van der Waals surface area contributed by atoms with Crippen molar-refractivity contribution in [2.45, 2.75) is 19.9 Å². The summed E-state index contributed by atoms with van der Waals surface area (Å²) in [6.07, 6.45) is 3.05. The van der Waals surface area contributed by atoms with E-state index in [1.54, 1.807) is 18.3 Å². The fourth-order valence-corrected chi connectivity index (χ4v) is 3.04. The Morgan fingerprint density at radius 1 is 1.14 bits per heavy atom. The minimum atomic E-state index is -0.346. The molecule has 1 heterocycles. The van der Waals surface area contributed by atoms with E-state index in [4.69, 9.17) is 25.8 Å². The number of benzene rings is 1. The number of aliphatic hydroxyl groups excluding tert-OH is 1. The maximum Gasteiger partial charge on any atom is 0.253 e. The van der Waals surface area contributed by atoms with E-state index >= 15 is 0 Å². The van der Waals surface area contributed by atoms with E-state index < -0.39 is 0 Å². The van der Waals surface area contributed by atoms with Crippen LogP contribution in [0.1, 0.15) is 24.2 Å². The molecule has 0 radical (unpaired) electrons. The third-order valence-electron chi connectivity index (χ3n) is 4.40. The third kappa shape index (κ3) is 4.48. The van der Waals surface area contributed by atoms with Gasteiger partial charge in [0.05, 0.1) is 44.6 Å². The van der Waals surface area contributed by atoms with Crippen molar-refractivity contribution in [3.05, 3.63) is 35.1 Å². The standard InChI is InChI=1S/C20H25ClN2O5/c1-11(2)15(10-24)23-20(25)13-6-12(8-22-9-13)14-7-16(26-3)18(27-4)19(28-5)17(14)21/h6-9,11,15,24H,10H2,1-5H3,(H,23,25). The molecule has 1 unspecified atom stereocenters. The molecule has 0 fully saturated rings. The van der Waals surface area contributed by atoms with Crippen molar-refractivity contribution < 1.29 is 24.1 Å². The highest BCUT2D eigenvalue weighted by molar-refractivity contribution is 6.35. The molecule has 1 aromatic heterocycles. The van der Waals surface area contributed by atoms with Crippen LogP contribution < -0.4 is 19.5 Å². The summed E-state index contributed by atoms with van der Waals surface area (Å²) in [4.78, 5) is 16.7. The van der Waals surface area contributed by atoms with Gasteiger partial charge in [-0.05, 0) is 18.1 Å². The predicted octanol–water partition coefficient (Wildman–Crippen LogP) is 3.17. The first-order valence-corrected chi connectivity index (χ1v) is 9.11. The van der Waals surface area contributed by atoms with Crippen molar-refractivity contribution in [3.63, 3.8) is 0 Å². The maximum absolute atomic E-state index is 12.6. The molecular weight excluding hydrogens is 384 g/mol. The molecule has 0 spiro atoms. The van der Waals surface area contributed by atoms with Gasteiger partial charge in [-0.25, -0.2) is 0 Å². The fraction of sp³-hybridized carbons (Fsp3) is 0.400. The zero-order chi connectivity index (χ0) is 20.8. The first-order valence-electron chi connectivity index (χ1n) is 8.73. The Balaban J connectivity index is 2.47. The Kier molecular flexibility index (Phi) is 7.48. The number of aromatic nitrogens is 1. The van der Waals surface area contributed by atoms with E-state index in [0.29, 0.717) is 39.0 Å². The van der Waals surface area contributed by atoms with E-state index in [1.165, 1.54) is 27.5 Å². The number of methoxy groups -OCH3 is 3. The van der Waals surface area contributed by atoms with E-state index in [2.05, 4.69) is 10.3 Å². The van der Waals surface area contributed by atoms with E-state index in [9.17, 15) is 9.90 Å². The molecule has 0 aliphatic rings. The average molecular weight is 409 g/mol. The van der Waals surface area contributed by atoms with Crippen molar-refractivity contribution in [2.75, 3.05) is 27.9 Å². The van der Waals surface area contributed by atoms with Gasteiger partial charge < -0.3 is 24.6 Å². The monoisotopic (exact) mass is 408 g/mol. The second kappa shape index (κ2) is 9.61. The number of nitrogens with one attached hydrogen (secondary N) is 1. The predicted molar refractivity (Wildman–Crippen MR) is 108 cm³/mol. The van der Waals surface area contributed by atoms with Crippen molar-refractivity contribution in [1.82, 2.24) is 10.3 Å². The van der Waals surface area contributed by atoms with E-state index in [1.807, 2.05) is 13.8 Å². The fourth-order valence-electron chi connectivity index (χ4n) is 2.72. The van der Waals surface area contributed by atoms with Crippen molar-refractivity contribution >= 4 is 17.5 Å². The summed E-state index contributed by atoms with van der Waals surface area (Å²) in [7, 11) is 4.49. The lowest BCUT2D eigenvalue weighted by Gasteiger charge is -2.20. The van der Waals surface area contributed by atoms with Crippen LogP contribution in [-0.4, -0.2) is 50.0 Å². The van der Waals surface area contributed by atoms with Gasteiger partial charge in [-0.3, -0.25) is 9.78 Å². The number of pyridine rings is 1. The third-order valence-corrected chi connectivity index (χ3v) is 4.77. The number of carbonyl (C=O) groups is 1. The topological polar surface area (TPSA) is 89.9 Å². The lowest BCUT2D eigenvalue weighted by molar-refractivity contribution is 0.0896. The quantitative estimate of drug-likeness (QED) is 0.697. The summed E-state index contributed by atoms with van der Waals surface area (Å²) < 4.78 is 16.1. The molecule has 1 atom stereocenters. The Hall–Kier alpha value is -2.51. The number of nitrogens with zero attached hydrogens (tertiary/aromatic N) is 1. The maximum atomic E-state index is 12.6. The van der Waals surface area contributed by atoms with Gasteiger partial charge in [-0.1, -0.05) is 25.4 Å². The molecule has 8 heteroatoms. The van der Waals surface area contributed by atoms with Crippen LogP contribution in [0.3, 0.4) is 0 Å². The highest BCUT2D eigenvalue weighted by Gasteiger charge is 2.22. The first-order chi connectivity index (χ1) is 13.4. The number of carbonyl (C=O) groups excluding carboxylic acids is 1. The van der Waals surface area contributed by atoms with Crippen LogP contribution in [0.15, 0.2) is 24.5 Å². The molecule has 0 aliphatic heterocycles. The van der Waals surface area contributed by atoms with Gasteiger partial charge in [0.2, 0.25) is 5.75 Å². The van der Waals surface area contributed by atoms with Gasteiger partial charge >= 0.3 is 0 Å². The van der Waals surface area contributed by atoms with Crippen LogP contribution in [0.2, 0.25) is 5.02 Å². The number of halogens is 1. The number of hydrogen-bond donors (Lipinski definition) is 2. The SMILES string of the molecule is COc1cc(-c2cncc(C(=O)NC(CO)C(C)C)c2)c(Cl)c(OC)c1OC.